The van der Waals surface area contributed by atoms with Gasteiger partial charge in [0.25, 0.3) is 34.4 Å². The predicted octanol–water partition coefficient (Wildman–Crippen LogP) is 16.6. The summed E-state index contributed by atoms with van der Waals surface area (Å²) in [6, 6.07) is 61.6. The lowest BCUT2D eigenvalue weighted by molar-refractivity contribution is 0.0514. The molecule has 12 aromatic rings. The highest BCUT2D eigenvalue weighted by molar-refractivity contribution is 6.42. The first-order valence-corrected chi connectivity index (χ1v) is 40.6. The summed E-state index contributed by atoms with van der Waals surface area (Å²) in [6.45, 7) is 11.0. The van der Waals surface area contributed by atoms with Crippen molar-refractivity contribution in [3.8, 4) is 0 Å². The number of carbonyl (C=O) groups is 6. The van der Waals surface area contributed by atoms with Gasteiger partial charge in [-0.25, -0.2) is 18.8 Å². The maximum absolute atomic E-state index is 14.0. The molecule has 9 aromatic carbocycles. The molecular weight excluding hydrogens is 1630 g/mol. The van der Waals surface area contributed by atoms with Crippen molar-refractivity contribution in [1.29, 1.82) is 0 Å². The summed E-state index contributed by atoms with van der Waals surface area (Å²) in [7, 11) is 0. The lowest BCUT2D eigenvalue weighted by Gasteiger charge is -2.37. The molecule has 3 saturated heterocycles. The number of rotatable bonds is 18. The Morgan fingerprint density at radius 1 is 0.322 bits per heavy atom. The van der Waals surface area contributed by atoms with Gasteiger partial charge in [0.2, 0.25) is 0 Å². The van der Waals surface area contributed by atoms with Gasteiger partial charge in [-0.05, 0) is 159 Å². The molecule has 0 aliphatic carbocycles. The molecule has 3 fully saturated rings. The van der Waals surface area contributed by atoms with Crippen molar-refractivity contribution in [2.24, 2.45) is 0 Å². The summed E-state index contributed by atoms with van der Waals surface area (Å²) in [4.78, 5) is 132. The first-order valence-electron chi connectivity index (χ1n) is 38.3. The number of piperazine rings is 3. The van der Waals surface area contributed by atoms with Gasteiger partial charge in [-0.3, -0.25) is 28.8 Å². The van der Waals surface area contributed by atoms with Gasteiger partial charge in [-0.1, -0.05) is 161 Å². The Morgan fingerprint density at radius 2 is 0.602 bits per heavy atom. The van der Waals surface area contributed by atoms with E-state index < -0.39 is 40.4 Å². The van der Waals surface area contributed by atoms with Crippen LogP contribution in [0.25, 0.3) is 32.7 Å². The molecule has 0 saturated carbocycles. The van der Waals surface area contributed by atoms with E-state index in [1.54, 1.807) is 146 Å². The Labute approximate surface area is 708 Å². The maximum atomic E-state index is 14.0. The van der Waals surface area contributed by atoms with Crippen LogP contribution in [0.5, 0.6) is 0 Å². The van der Waals surface area contributed by atoms with E-state index in [4.69, 9.17) is 83.8 Å². The third kappa shape index (κ3) is 18.9. The number of esters is 3. The molecule has 15 rings (SSSR count). The summed E-state index contributed by atoms with van der Waals surface area (Å²) >= 11 is 37.4. The summed E-state index contributed by atoms with van der Waals surface area (Å²) in [5.74, 6) is -2.95. The van der Waals surface area contributed by atoms with Crippen LogP contribution in [0.3, 0.4) is 0 Å². The molecule has 0 bridgehead atoms. The minimum atomic E-state index is -0.703. The third-order valence-corrected chi connectivity index (χ3v) is 22.3. The first kappa shape index (κ1) is 84.4. The average Bonchev–Trinajstić information content (AvgIpc) is 0.751. The second-order valence-electron chi connectivity index (χ2n) is 27.9. The number of ether oxygens (including phenoxy) is 3. The number of anilines is 3. The van der Waals surface area contributed by atoms with Gasteiger partial charge in [0, 0.05) is 131 Å². The molecule has 0 spiro atoms. The fourth-order valence-corrected chi connectivity index (χ4v) is 15.9. The topological polar surface area (TPSA) is 216 Å². The fourth-order valence-electron chi connectivity index (χ4n) is 14.9. The van der Waals surface area contributed by atoms with Crippen LogP contribution in [-0.4, -0.2) is 162 Å². The standard InChI is InChI=1S/C30H26Cl3N3O4.C30H27Cl2N3O4.C30H27ClFN3O4/c1-2-40-30(39)26-27(34-12-14-35(15-13-34)28(37)20-8-10-23(32)24(33)16-20)22-17-21(31)9-11-25(22)36(29(26)38)18-19-6-4-3-5-7-19;1-2-39-30(38)26-27(33-14-16-34(17-15-33)28(36)21-8-10-22(31)11-9-21)24-18-23(32)12-13-25(24)35(29(26)37)19-20-6-4-3-5-7-20;1-2-39-30(38)26-27(33-14-16-34(17-15-33)28(36)21-8-11-23(32)12-9-21)24-18-22(31)10-13-25(24)35(29(26)37)19-20-6-4-3-5-7-20/h3-11,16-17H,2,12-15,18H2,1H3;2*3-13,18H,2,14-17,19H2,1H3. The molecule has 606 valence electrons. The number of benzene rings is 9. The van der Waals surface area contributed by atoms with Crippen molar-refractivity contribution >= 4 is 155 Å². The van der Waals surface area contributed by atoms with Crippen LogP contribution < -0.4 is 31.4 Å². The zero-order chi connectivity index (χ0) is 83.4. The van der Waals surface area contributed by atoms with Crippen LogP contribution in [0.1, 0.15) is 99.6 Å². The van der Waals surface area contributed by atoms with E-state index in [2.05, 4.69) is 0 Å². The number of carbonyl (C=O) groups excluding carboxylic acids is 6. The zero-order valence-electron chi connectivity index (χ0n) is 64.5. The van der Waals surface area contributed by atoms with Crippen LogP contribution in [-0.2, 0) is 33.8 Å². The van der Waals surface area contributed by atoms with Gasteiger partial charge < -0.3 is 57.3 Å². The van der Waals surface area contributed by atoms with Crippen molar-refractivity contribution in [2.45, 2.75) is 40.4 Å². The summed E-state index contributed by atoms with van der Waals surface area (Å²) in [6.07, 6.45) is 0. The number of hydrogen-bond acceptors (Lipinski definition) is 15. The molecule has 28 heteroatoms. The quantitative estimate of drug-likeness (QED) is 0.0577. The SMILES string of the molecule is CCOC(=O)c1c(N2CCN(C(=O)c3ccc(Cl)c(Cl)c3)CC2)c2cc(Cl)ccc2n(Cc2ccccc2)c1=O.CCOC(=O)c1c(N2CCN(C(=O)c3ccc(Cl)cc3)CC2)c2cc(Cl)ccc2n(Cc2ccccc2)c1=O.CCOC(=O)c1c(N2CCN(C(=O)c3ccc(F)cc3)CC2)c2cc(Cl)ccc2n(Cc2ccccc2)c1=O. The molecule has 21 nitrogen and oxygen atoms in total. The van der Waals surface area contributed by atoms with Crippen molar-refractivity contribution in [3.63, 3.8) is 0 Å². The van der Waals surface area contributed by atoms with E-state index in [1.165, 1.54) is 24.3 Å². The number of aromatic nitrogens is 3. The molecule has 3 aromatic heterocycles. The van der Waals surface area contributed by atoms with Crippen molar-refractivity contribution in [1.82, 2.24) is 28.4 Å². The van der Waals surface area contributed by atoms with Gasteiger partial charge in [0.15, 0.2) is 0 Å². The van der Waals surface area contributed by atoms with Crippen LogP contribution in [0.2, 0.25) is 30.1 Å². The largest absolute Gasteiger partial charge is 0.462 e. The van der Waals surface area contributed by atoms with E-state index in [9.17, 15) is 47.5 Å². The molecule has 0 unspecified atom stereocenters. The van der Waals surface area contributed by atoms with Gasteiger partial charge >= 0.3 is 17.9 Å². The summed E-state index contributed by atoms with van der Waals surface area (Å²) in [5.41, 5.74) is 6.05. The van der Waals surface area contributed by atoms with Crippen LogP contribution in [0.15, 0.2) is 227 Å². The molecule has 6 heterocycles. The highest BCUT2D eigenvalue weighted by Crippen LogP contribution is 2.38. The summed E-state index contributed by atoms with van der Waals surface area (Å²) < 4.78 is 34.1. The Hall–Kier alpha value is -11.5. The Morgan fingerprint density at radius 3 is 0.898 bits per heavy atom. The van der Waals surface area contributed by atoms with E-state index in [0.29, 0.717) is 175 Å². The molecule has 3 aliphatic rings. The minimum Gasteiger partial charge on any atom is -0.462 e. The number of fused-ring (bicyclic) bond motifs is 3. The van der Waals surface area contributed by atoms with E-state index in [1.807, 2.05) is 106 Å². The first-order chi connectivity index (χ1) is 57.0. The van der Waals surface area contributed by atoms with Gasteiger partial charge in [0.05, 0.1) is 83.1 Å². The highest BCUT2D eigenvalue weighted by Gasteiger charge is 2.35. The average molecular weight is 1710 g/mol. The monoisotopic (exact) mass is 1710 g/mol. The lowest BCUT2D eigenvalue weighted by atomic mass is 10.0. The highest BCUT2D eigenvalue weighted by atomic mass is 35.5. The van der Waals surface area contributed by atoms with Crippen LogP contribution in [0.4, 0.5) is 21.5 Å². The molecular formula is C90H80Cl6FN9O12. The van der Waals surface area contributed by atoms with Crippen LogP contribution in [0, 0.1) is 5.82 Å². The van der Waals surface area contributed by atoms with E-state index in [-0.39, 0.29) is 73.9 Å². The number of hydrogen-bond donors (Lipinski definition) is 0. The van der Waals surface area contributed by atoms with Crippen molar-refractivity contribution in [3.05, 3.63) is 329 Å². The normalized spacial score (nSPS) is 13.5. The minimum absolute atomic E-state index is 0.0278. The third-order valence-electron chi connectivity index (χ3n) is 20.6. The molecule has 0 atom stereocenters. The number of nitrogens with zero attached hydrogens (tertiary/aromatic N) is 9. The number of pyridine rings is 3. The second-order valence-corrected chi connectivity index (χ2v) is 30.5. The molecule has 3 aliphatic heterocycles. The van der Waals surface area contributed by atoms with Gasteiger partial charge in [0.1, 0.15) is 22.5 Å². The van der Waals surface area contributed by atoms with E-state index in [0.717, 1.165) is 16.7 Å². The van der Waals surface area contributed by atoms with Gasteiger partial charge in [-0.15, -0.1) is 0 Å². The molecule has 3 amide bonds. The Bertz CT molecular complexity index is 5720. The zero-order valence-corrected chi connectivity index (χ0v) is 69.0. The second kappa shape index (κ2) is 38.3. The van der Waals surface area contributed by atoms with Gasteiger partial charge in [-0.2, -0.15) is 0 Å². The fraction of sp³-hybridized carbons (Fsp3) is 0.233. The maximum Gasteiger partial charge on any atom is 0.345 e. The molecule has 0 N–H and O–H groups in total. The number of amides is 3. The number of halogens is 7. The summed E-state index contributed by atoms with van der Waals surface area (Å²) in [5, 5.41) is 4.67. The Balaban J connectivity index is 0.000000153. The van der Waals surface area contributed by atoms with Crippen molar-refractivity contribution in [2.75, 3.05) is 113 Å². The Kier molecular flexibility index (Phi) is 27.4. The molecule has 0 radical (unpaired) electrons. The predicted molar refractivity (Wildman–Crippen MR) is 463 cm³/mol. The smallest absolute Gasteiger partial charge is 0.345 e. The molecule has 118 heavy (non-hydrogen) atoms. The van der Waals surface area contributed by atoms with E-state index >= 15 is 0 Å². The lowest BCUT2D eigenvalue weighted by Crippen LogP contribution is -2.49. The van der Waals surface area contributed by atoms with Crippen LogP contribution >= 0.6 is 69.6 Å². The van der Waals surface area contributed by atoms with Crippen molar-refractivity contribution < 1.29 is 47.4 Å².